The molecule has 2 aliphatic heterocycles. The molecular formula is C52H56N10O6S2. The van der Waals surface area contributed by atoms with Crippen LogP contribution in [0.1, 0.15) is 97.6 Å². The monoisotopic (exact) mass is 980 g/mol. The van der Waals surface area contributed by atoms with Gasteiger partial charge in [0.25, 0.3) is 0 Å². The number of carboxylic acids is 1. The number of aromatic nitrogens is 6. The van der Waals surface area contributed by atoms with E-state index < -0.39 is 53.3 Å². The number of aliphatic hydroxyl groups is 1. The van der Waals surface area contributed by atoms with E-state index in [9.17, 15) is 29.4 Å². The van der Waals surface area contributed by atoms with E-state index in [1.807, 2.05) is 118 Å². The molecule has 1 unspecified atom stereocenters. The number of aliphatic carboxylic acids is 1. The first-order valence-corrected chi connectivity index (χ1v) is 25.0. The fraction of sp³-hybridized carbons (Fsp3) is 0.365. The largest absolute Gasteiger partial charge is 0.481 e. The fourth-order valence-electron chi connectivity index (χ4n) is 9.40. The van der Waals surface area contributed by atoms with Crippen LogP contribution in [-0.4, -0.2) is 98.8 Å². The summed E-state index contributed by atoms with van der Waals surface area (Å²) in [6.45, 7) is 16.8. The van der Waals surface area contributed by atoms with E-state index in [0.717, 1.165) is 64.8 Å². The molecule has 0 spiro atoms. The molecule has 6 atom stereocenters. The zero-order valence-corrected chi connectivity index (χ0v) is 42.1. The number of nitrogens with one attached hydrogen (secondary N) is 2. The number of thiophene rings is 1. The molecule has 4 aromatic heterocycles. The van der Waals surface area contributed by atoms with Crippen LogP contribution in [0.3, 0.4) is 0 Å². The third kappa shape index (κ3) is 9.06. The SMILES string of the molecule is Cc1ncsc1-c1ccc([C@H](C)NC(=O)[C@@H]2C[C@@H](O)CN2C(=O)[C@@H](NC(=O)Cn2cc3cccc(-c4ccc(C5=N[C@@H](C(C)C(=O)O)c6nnc(C)n6-c6sc(C)c(C)c65)cc4)c3n2)C(C)(C)C)cc1. The standard InChI is InChI=1S/C52H56N10O6S2/c1-26-30(5)70-50-41(26)44(56-42(27(2)51(67)68)47-58-57-31(6)62(47)50)34-17-15-33(16-18-34)38-12-10-11-36-22-60(59-43(36)38)24-40(64)55-46(52(7,8)9)49(66)61-23-37(63)21-39(61)48(65)54-28(3)32-13-19-35(20-14-32)45-29(4)53-25-69-45/h10-20,22,25,27-28,37,39,42,46,63H,21,23-24H2,1-9H3,(H,54,65)(H,55,64)(H,67,68)/t27?,28-,37+,39-,42-,46+/m0/s1. The van der Waals surface area contributed by atoms with Crippen molar-refractivity contribution in [3.63, 3.8) is 0 Å². The van der Waals surface area contributed by atoms with Crippen molar-refractivity contribution in [3.8, 4) is 26.6 Å². The summed E-state index contributed by atoms with van der Waals surface area (Å²) < 4.78 is 3.50. The van der Waals surface area contributed by atoms with Gasteiger partial charge in [-0.3, -0.25) is 33.4 Å². The molecule has 2 aliphatic rings. The minimum atomic E-state index is -1.01. The van der Waals surface area contributed by atoms with Crippen LogP contribution in [0.4, 0.5) is 0 Å². The Kier molecular flexibility index (Phi) is 12.9. The van der Waals surface area contributed by atoms with E-state index in [4.69, 9.17) is 10.1 Å². The van der Waals surface area contributed by atoms with Gasteiger partial charge in [0.1, 0.15) is 41.0 Å². The van der Waals surface area contributed by atoms with Crippen molar-refractivity contribution in [2.24, 2.45) is 16.3 Å². The quantitative estimate of drug-likeness (QED) is 0.0938. The zero-order chi connectivity index (χ0) is 49.9. The average Bonchev–Trinajstić information content (AvgIpc) is 4.16. The number of thiazole rings is 1. The van der Waals surface area contributed by atoms with Crippen LogP contribution in [0.2, 0.25) is 0 Å². The number of likely N-dealkylation sites (tertiary alicyclic amines) is 1. The molecule has 1 fully saturated rings. The van der Waals surface area contributed by atoms with Gasteiger partial charge in [0.05, 0.1) is 39.9 Å². The Bertz CT molecular complexity index is 3200. The molecule has 0 radical (unpaired) electrons. The van der Waals surface area contributed by atoms with Crippen LogP contribution in [0.15, 0.2) is 83.4 Å². The maximum Gasteiger partial charge on any atom is 0.308 e. The molecule has 9 rings (SSSR count). The van der Waals surface area contributed by atoms with Crippen molar-refractivity contribution in [1.82, 2.24) is 45.1 Å². The van der Waals surface area contributed by atoms with Gasteiger partial charge in [-0.05, 0) is 69.2 Å². The smallest absolute Gasteiger partial charge is 0.308 e. The Morgan fingerprint density at radius 1 is 0.900 bits per heavy atom. The number of carbonyl (C=O) groups excluding carboxylic acids is 3. The molecule has 3 aromatic carbocycles. The molecule has 0 aliphatic carbocycles. The first kappa shape index (κ1) is 48.1. The summed E-state index contributed by atoms with van der Waals surface area (Å²) in [5.41, 5.74) is 9.81. The van der Waals surface area contributed by atoms with Gasteiger partial charge in [0.2, 0.25) is 17.7 Å². The lowest BCUT2D eigenvalue weighted by Gasteiger charge is -2.35. The molecule has 18 heteroatoms. The van der Waals surface area contributed by atoms with Gasteiger partial charge in [-0.25, -0.2) is 4.98 Å². The number of hydrogen-bond donors (Lipinski definition) is 4. The van der Waals surface area contributed by atoms with E-state index in [2.05, 4.69) is 39.7 Å². The molecule has 1 saturated heterocycles. The van der Waals surface area contributed by atoms with Crippen molar-refractivity contribution >= 4 is 63.0 Å². The zero-order valence-electron chi connectivity index (χ0n) is 40.5. The third-order valence-electron chi connectivity index (χ3n) is 13.5. The molecule has 7 aromatic rings. The lowest BCUT2D eigenvalue weighted by Crippen LogP contribution is -2.58. The minimum absolute atomic E-state index is 0.0405. The van der Waals surface area contributed by atoms with Gasteiger partial charge >= 0.3 is 5.97 Å². The molecule has 0 bridgehead atoms. The predicted octanol–water partition coefficient (Wildman–Crippen LogP) is 7.69. The number of amides is 3. The summed E-state index contributed by atoms with van der Waals surface area (Å²) in [7, 11) is 0. The number of hydrogen-bond acceptors (Lipinski definition) is 12. The molecule has 3 amide bonds. The lowest BCUT2D eigenvalue weighted by molar-refractivity contribution is -0.144. The highest BCUT2D eigenvalue weighted by molar-refractivity contribution is 7.15. The molecule has 362 valence electrons. The topological polar surface area (TPSA) is 210 Å². The number of nitrogens with zero attached hydrogens (tertiary/aromatic N) is 8. The summed E-state index contributed by atoms with van der Waals surface area (Å²) in [6, 6.07) is 18.6. The molecular weight excluding hydrogens is 925 g/mol. The minimum Gasteiger partial charge on any atom is -0.481 e. The summed E-state index contributed by atoms with van der Waals surface area (Å²) >= 11 is 3.18. The van der Waals surface area contributed by atoms with Crippen molar-refractivity contribution in [3.05, 3.63) is 123 Å². The molecule has 6 heterocycles. The Balaban J connectivity index is 0.913. The van der Waals surface area contributed by atoms with Gasteiger partial charge < -0.3 is 25.7 Å². The number of aliphatic imine (C=N–C) groups is 1. The van der Waals surface area contributed by atoms with Crippen LogP contribution < -0.4 is 10.6 Å². The molecule has 0 saturated carbocycles. The van der Waals surface area contributed by atoms with Crippen LogP contribution in [0.5, 0.6) is 0 Å². The first-order valence-electron chi connectivity index (χ1n) is 23.3. The van der Waals surface area contributed by atoms with Gasteiger partial charge in [-0.2, -0.15) is 5.10 Å². The fourth-order valence-corrected chi connectivity index (χ4v) is 11.4. The van der Waals surface area contributed by atoms with E-state index in [0.29, 0.717) is 22.9 Å². The molecule has 16 nitrogen and oxygen atoms in total. The summed E-state index contributed by atoms with van der Waals surface area (Å²) in [5.74, 6) is -1.97. The number of rotatable bonds is 12. The highest BCUT2D eigenvalue weighted by Crippen LogP contribution is 2.41. The van der Waals surface area contributed by atoms with Gasteiger partial charge in [0, 0.05) is 46.1 Å². The maximum atomic E-state index is 14.4. The van der Waals surface area contributed by atoms with Crippen LogP contribution >= 0.6 is 22.7 Å². The summed E-state index contributed by atoms with van der Waals surface area (Å²) in [6.07, 6.45) is 0.959. The number of aliphatic hydroxyl groups excluding tert-OH is 1. The number of fused-ring (bicyclic) bond motifs is 4. The van der Waals surface area contributed by atoms with E-state index >= 15 is 0 Å². The van der Waals surface area contributed by atoms with E-state index in [1.54, 1.807) is 40.5 Å². The van der Waals surface area contributed by atoms with Crippen LogP contribution in [-0.2, 0) is 25.7 Å². The molecule has 70 heavy (non-hydrogen) atoms. The van der Waals surface area contributed by atoms with Gasteiger partial charge in [-0.1, -0.05) is 87.5 Å². The number of aryl methyl sites for hydroxylation is 3. The second-order valence-corrected chi connectivity index (χ2v) is 21.5. The number of benzene rings is 3. The second-order valence-electron chi connectivity index (χ2n) is 19.5. The Hall–Kier alpha value is -6.89. The second kappa shape index (κ2) is 18.8. The third-order valence-corrected chi connectivity index (χ3v) is 15.6. The average molecular weight is 981 g/mol. The van der Waals surface area contributed by atoms with E-state index in [1.165, 1.54) is 4.90 Å². The highest BCUT2D eigenvalue weighted by Gasteiger charge is 2.45. The highest BCUT2D eigenvalue weighted by atomic mass is 32.1. The van der Waals surface area contributed by atoms with Crippen molar-refractivity contribution in [2.75, 3.05) is 6.54 Å². The Morgan fingerprint density at radius 2 is 1.60 bits per heavy atom. The molecule has 4 N–H and O–H groups in total. The van der Waals surface area contributed by atoms with Crippen LogP contribution in [0.25, 0.3) is 37.5 Å². The van der Waals surface area contributed by atoms with Crippen molar-refractivity contribution < 1.29 is 29.4 Å². The number of β-amino-alcohol motifs (C(OH)–C–C–N with tert-alkyl or cyclic N) is 1. The Labute approximate surface area is 413 Å². The van der Waals surface area contributed by atoms with Crippen molar-refractivity contribution in [1.29, 1.82) is 0 Å². The summed E-state index contributed by atoms with van der Waals surface area (Å²) in [5, 5.41) is 42.3. The predicted molar refractivity (Wildman–Crippen MR) is 270 cm³/mol. The van der Waals surface area contributed by atoms with Gasteiger partial charge in [0.15, 0.2) is 5.82 Å². The Morgan fingerprint density at radius 3 is 2.27 bits per heavy atom. The lowest BCUT2D eigenvalue weighted by atomic mass is 9.85. The van der Waals surface area contributed by atoms with Crippen LogP contribution in [0, 0.1) is 39.0 Å². The number of carbonyl (C=O) groups is 4. The van der Waals surface area contributed by atoms with E-state index in [-0.39, 0.29) is 31.5 Å². The van der Waals surface area contributed by atoms with Gasteiger partial charge in [-0.15, -0.1) is 32.9 Å². The normalized spacial score (nSPS) is 18.1. The van der Waals surface area contributed by atoms with Crippen molar-refractivity contribution in [2.45, 2.75) is 106 Å². The summed E-state index contributed by atoms with van der Waals surface area (Å²) in [4.78, 5) is 67.6. The maximum absolute atomic E-state index is 14.4. The number of carboxylic acid groups (broad SMARTS) is 1. The first-order chi connectivity index (χ1) is 33.3.